The Labute approximate surface area is 90.3 Å². The number of carbonyl (C=O) groups is 1. The summed E-state index contributed by atoms with van der Waals surface area (Å²) in [6.45, 7) is 4.21. The number of rotatable bonds is 1. The third-order valence-electron chi connectivity index (χ3n) is 3.16. The summed E-state index contributed by atoms with van der Waals surface area (Å²) in [5.41, 5.74) is 5.24. The van der Waals surface area contributed by atoms with Gasteiger partial charge in [0.25, 0.3) is 0 Å². The Kier molecular flexibility index (Phi) is 2.51. The summed E-state index contributed by atoms with van der Waals surface area (Å²) < 4.78 is 4.80. The second kappa shape index (κ2) is 3.69. The van der Waals surface area contributed by atoms with Crippen LogP contribution in [0.5, 0.6) is 0 Å². The van der Waals surface area contributed by atoms with E-state index >= 15 is 0 Å². The smallest absolute Gasteiger partial charge is 0.309 e. The lowest BCUT2D eigenvalue weighted by Gasteiger charge is -2.05. The molecule has 0 aliphatic heterocycles. The second-order valence-electron chi connectivity index (χ2n) is 4.35. The maximum absolute atomic E-state index is 11.5. The Bertz CT molecular complexity index is 407. The zero-order chi connectivity index (χ0) is 11.0. The van der Waals surface area contributed by atoms with E-state index in [9.17, 15) is 4.79 Å². The number of methoxy groups -OCH3 is 1. The van der Waals surface area contributed by atoms with Crippen LogP contribution in [0.4, 0.5) is 0 Å². The van der Waals surface area contributed by atoms with Crippen molar-refractivity contribution in [1.82, 2.24) is 0 Å². The van der Waals surface area contributed by atoms with Gasteiger partial charge in [-0.05, 0) is 43.4 Å². The summed E-state index contributed by atoms with van der Waals surface area (Å²) in [6.07, 6.45) is 1.68. The van der Waals surface area contributed by atoms with Crippen molar-refractivity contribution in [3.05, 3.63) is 34.4 Å². The zero-order valence-electron chi connectivity index (χ0n) is 9.46. The average molecular weight is 204 g/mol. The molecule has 0 aromatic heterocycles. The number of esters is 1. The largest absolute Gasteiger partial charge is 0.469 e. The number of benzene rings is 1. The van der Waals surface area contributed by atoms with E-state index in [1.54, 1.807) is 0 Å². The van der Waals surface area contributed by atoms with E-state index in [0.29, 0.717) is 0 Å². The minimum absolute atomic E-state index is 0.0329. The second-order valence-corrected chi connectivity index (χ2v) is 4.35. The van der Waals surface area contributed by atoms with Crippen LogP contribution < -0.4 is 0 Å². The topological polar surface area (TPSA) is 26.3 Å². The van der Waals surface area contributed by atoms with Crippen molar-refractivity contribution in [3.63, 3.8) is 0 Å². The van der Waals surface area contributed by atoms with Crippen LogP contribution in [0.15, 0.2) is 12.1 Å². The summed E-state index contributed by atoms with van der Waals surface area (Å²) in [4.78, 5) is 11.5. The molecule has 1 aliphatic carbocycles. The lowest BCUT2D eigenvalue weighted by atomic mass is 10.0. The Hall–Kier alpha value is -1.31. The summed E-state index contributed by atoms with van der Waals surface area (Å²) in [5, 5.41) is 0. The van der Waals surface area contributed by atoms with Gasteiger partial charge in [0.15, 0.2) is 0 Å². The molecule has 0 saturated carbocycles. The van der Waals surface area contributed by atoms with Gasteiger partial charge in [0.05, 0.1) is 13.0 Å². The summed E-state index contributed by atoms with van der Waals surface area (Å²) in [7, 11) is 1.46. The Morgan fingerprint density at radius 1 is 1.33 bits per heavy atom. The Balaban J connectivity index is 2.31. The lowest BCUT2D eigenvalue weighted by molar-refractivity contribution is -0.145. The van der Waals surface area contributed by atoms with E-state index in [1.165, 1.54) is 29.4 Å². The number of hydrogen-bond donors (Lipinski definition) is 0. The molecule has 2 heteroatoms. The number of hydrogen-bond acceptors (Lipinski definition) is 2. The Morgan fingerprint density at radius 3 is 2.73 bits per heavy atom. The van der Waals surface area contributed by atoms with Crippen LogP contribution in [-0.4, -0.2) is 13.1 Å². The van der Waals surface area contributed by atoms with Crippen LogP contribution in [0.2, 0.25) is 0 Å². The predicted molar refractivity (Wildman–Crippen MR) is 58.8 cm³/mol. The van der Waals surface area contributed by atoms with Gasteiger partial charge in [0.1, 0.15) is 0 Å². The minimum atomic E-state index is -0.0803. The molecule has 80 valence electrons. The fourth-order valence-electron chi connectivity index (χ4n) is 2.48. The van der Waals surface area contributed by atoms with Gasteiger partial charge in [0, 0.05) is 0 Å². The molecule has 1 unspecified atom stereocenters. The van der Waals surface area contributed by atoms with Gasteiger partial charge in [-0.15, -0.1) is 0 Å². The van der Waals surface area contributed by atoms with E-state index in [4.69, 9.17) is 4.74 Å². The first kappa shape index (κ1) is 10.2. The first-order valence-electron chi connectivity index (χ1n) is 5.28. The van der Waals surface area contributed by atoms with Crippen LogP contribution in [0.1, 0.15) is 22.3 Å². The van der Waals surface area contributed by atoms with E-state index in [0.717, 1.165) is 12.8 Å². The van der Waals surface area contributed by atoms with Crippen molar-refractivity contribution >= 4 is 5.97 Å². The van der Waals surface area contributed by atoms with Crippen molar-refractivity contribution in [2.24, 2.45) is 5.92 Å². The zero-order valence-corrected chi connectivity index (χ0v) is 9.46. The fraction of sp³-hybridized carbons (Fsp3) is 0.462. The average Bonchev–Trinajstić information content (AvgIpc) is 2.60. The van der Waals surface area contributed by atoms with Gasteiger partial charge in [0.2, 0.25) is 0 Å². The molecule has 0 saturated heterocycles. The fourth-order valence-corrected chi connectivity index (χ4v) is 2.48. The molecule has 0 fully saturated rings. The monoisotopic (exact) mass is 204 g/mol. The molecular formula is C13H16O2. The molecular weight excluding hydrogens is 188 g/mol. The highest BCUT2D eigenvalue weighted by atomic mass is 16.5. The summed E-state index contributed by atoms with van der Waals surface area (Å²) in [5.74, 6) is -0.0475. The number of aryl methyl sites for hydroxylation is 2. The molecule has 2 rings (SSSR count). The minimum Gasteiger partial charge on any atom is -0.469 e. The number of fused-ring (bicyclic) bond motifs is 1. The van der Waals surface area contributed by atoms with Crippen molar-refractivity contribution in [2.75, 3.05) is 7.11 Å². The number of carbonyl (C=O) groups excluding carboxylic acids is 1. The first-order valence-corrected chi connectivity index (χ1v) is 5.28. The normalized spacial score (nSPS) is 18.7. The van der Waals surface area contributed by atoms with E-state index in [1.807, 2.05) is 0 Å². The molecule has 2 nitrogen and oxygen atoms in total. The molecule has 0 bridgehead atoms. The summed E-state index contributed by atoms with van der Waals surface area (Å²) in [6, 6.07) is 4.36. The molecule has 0 N–H and O–H groups in total. The van der Waals surface area contributed by atoms with Crippen molar-refractivity contribution in [1.29, 1.82) is 0 Å². The van der Waals surface area contributed by atoms with Gasteiger partial charge in [-0.25, -0.2) is 0 Å². The van der Waals surface area contributed by atoms with Crippen LogP contribution in [0, 0.1) is 19.8 Å². The molecule has 0 radical (unpaired) electrons. The molecule has 0 spiro atoms. The molecule has 1 atom stereocenters. The Morgan fingerprint density at radius 2 is 2.07 bits per heavy atom. The SMILES string of the molecule is COC(=O)C1Cc2cc(C)cc(C)c2C1. The third kappa shape index (κ3) is 1.76. The van der Waals surface area contributed by atoms with Gasteiger partial charge in [-0.1, -0.05) is 17.7 Å². The van der Waals surface area contributed by atoms with Gasteiger partial charge < -0.3 is 4.74 Å². The number of ether oxygens (including phenoxy) is 1. The van der Waals surface area contributed by atoms with Crippen molar-refractivity contribution in [2.45, 2.75) is 26.7 Å². The highest BCUT2D eigenvalue weighted by Gasteiger charge is 2.29. The van der Waals surface area contributed by atoms with Crippen molar-refractivity contribution in [3.8, 4) is 0 Å². The van der Waals surface area contributed by atoms with E-state index < -0.39 is 0 Å². The first-order chi connectivity index (χ1) is 7.11. The van der Waals surface area contributed by atoms with Gasteiger partial charge in [-0.2, -0.15) is 0 Å². The van der Waals surface area contributed by atoms with Crippen LogP contribution >= 0.6 is 0 Å². The van der Waals surface area contributed by atoms with Crippen LogP contribution in [0.25, 0.3) is 0 Å². The van der Waals surface area contributed by atoms with E-state index in [-0.39, 0.29) is 11.9 Å². The highest BCUT2D eigenvalue weighted by molar-refractivity contribution is 5.74. The molecule has 1 aromatic carbocycles. The maximum Gasteiger partial charge on any atom is 0.309 e. The van der Waals surface area contributed by atoms with Crippen LogP contribution in [-0.2, 0) is 22.4 Å². The maximum atomic E-state index is 11.5. The van der Waals surface area contributed by atoms with Crippen LogP contribution in [0.3, 0.4) is 0 Å². The molecule has 15 heavy (non-hydrogen) atoms. The third-order valence-corrected chi connectivity index (χ3v) is 3.16. The summed E-state index contributed by atoms with van der Waals surface area (Å²) >= 11 is 0. The molecule has 0 amide bonds. The highest BCUT2D eigenvalue weighted by Crippen LogP contribution is 2.30. The predicted octanol–water partition coefficient (Wildman–Crippen LogP) is 2.19. The van der Waals surface area contributed by atoms with E-state index in [2.05, 4.69) is 26.0 Å². The molecule has 1 aromatic rings. The lowest BCUT2D eigenvalue weighted by Crippen LogP contribution is -2.16. The van der Waals surface area contributed by atoms with Crippen molar-refractivity contribution < 1.29 is 9.53 Å². The quantitative estimate of drug-likeness (QED) is 0.655. The standard InChI is InChI=1S/C13H16O2/c1-8-4-9(2)12-7-11(13(14)15-3)6-10(12)5-8/h4-5,11H,6-7H2,1-3H3. The van der Waals surface area contributed by atoms with Gasteiger partial charge >= 0.3 is 5.97 Å². The molecule has 0 heterocycles. The van der Waals surface area contributed by atoms with Gasteiger partial charge in [-0.3, -0.25) is 4.79 Å². The molecule has 1 aliphatic rings.